The maximum absolute atomic E-state index is 8.63. The van der Waals surface area contributed by atoms with Gasteiger partial charge in [0, 0.05) is 14.2 Å². The van der Waals surface area contributed by atoms with Crippen molar-refractivity contribution < 1.29 is 9.47 Å². The number of hydrogen-bond donors (Lipinski definition) is 1. The van der Waals surface area contributed by atoms with Crippen LogP contribution in [-0.2, 0) is 9.47 Å². The van der Waals surface area contributed by atoms with Gasteiger partial charge < -0.3 is 15.2 Å². The van der Waals surface area contributed by atoms with E-state index in [4.69, 9.17) is 20.5 Å². The Balaban J connectivity index is 3.02. The topological polar surface area (TPSA) is 81.2 Å². The molecule has 1 rings (SSSR count). The smallest absolute Gasteiger partial charge is 0.200 e. The summed E-state index contributed by atoms with van der Waals surface area (Å²) < 4.78 is 9.98. The Morgan fingerprint density at radius 3 is 2.50 bits per heavy atom. The predicted octanol–water partition coefficient (Wildman–Crippen LogP) is 0.827. The number of nitrogens with two attached hydrogens (primary N) is 1. The van der Waals surface area contributed by atoms with Crippen LogP contribution in [0.2, 0.25) is 0 Å². The molecule has 0 radical (unpaired) electrons. The highest BCUT2D eigenvalue weighted by atomic mass is 16.7. The van der Waals surface area contributed by atoms with Gasteiger partial charge in [-0.15, -0.1) is 0 Å². The van der Waals surface area contributed by atoms with Crippen molar-refractivity contribution in [2.75, 3.05) is 20.0 Å². The van der Waals surface area contributed by atoms with E-state index in [0.29, 0.717) is 11.3 Å². The minimum Gasteiger partial charge on any atom is -0.383 e. The second kappa shape index (κ2) is 4.56. The Bertz CT molecular complexity index is 356. The summed E-state index contributed by atoms with van der Waals surface area (Å²) in [7, 11) is 3.01. The van der Waals surface area contributed by atoms with Gasteiger partial charge in [-0.3, -0.25) is 0 Å². The molecule has 74 valence electrons. The third-order valence-electron chi connectivity index (χ3n) is 1.74. The lowest BCUT2D eigenvalue weighted by atomic mass is 10.2. The SMILES string of the molecule is COC(OC)c1ccc(C#N)c(N)n1. The molecule has 14 heavy (non-hydrogen) atoms. The predicted molar refractivity (Wildman–Crippen MR) is 50.1 cm³/mol. The zero-order chi connectivity index (χ0) is 10.6. The van der Waals surface area contributed by atoms with Crippen molar-refractivity contribution in [1.82, 2.24) is 4.98 Å². The van der Waals surface area contributed by atoms with E-state index >= 15 is 0 Å². The first kappa shape index (κ1) is 10.4. The summed E-state index contributed by atoms with van der Waals surface area (Å²) in [6.07, 6.45) is -0.551. The molecular formula is C9H11N3O2. The highest BCUT2D eigenvalue weighted by Crippen LogP contribution is 2.17. The third-order valence-corrected chi connectivity index (χ3v) is 1.74. The Hall–Kier alpha value is -1.64. The van der Waals surface area contributed by atoms with E-state index in [2.05, 4.69) is 4.98 Å². The van der Waals surface area contributed by atoms with E-state index in [1.807, 2.05) is 6.07 Å². The fourth-order valence-electron chi connectivity index (χ4n) is 1.05. The molecule has 1 heterocycles. The molecule has 0 saturated carbocycles. The maximum atomic E-state index is 8.63. The maximum Gasteiger partial charge on any atom is 0.200 e. The van der Waals surface area contributed by atoms with Crippen LogP contribution in [0.15, 0.2) is 12.1 Å². The largest absolute Gasteiger partial charge is 0.383 e. The molecule has 0 spiro atoms. The zero-order valence-electron chi connectivity index (χ0n) is 8.02. The summed E-state index contributed by atoms with van der Waals surface area (Å²) in [5, 5.41) is 8.63. The van der Waals surface area contributed by atoms with Gasteiger partial charge in [-0.2, -0.15) is 5.26 Å². The molecule has 0 aliphatic carbocycles. The quantitative estimate of drug-likeness (QED) is 0.719. The molecule has 0 aliphatic rings. The number of rotatable bonds is 3. The average molecular weight is 193 g/mol. The number of hydrogen-bond acceptors (Lipinski definition) is 5. The van der Waals surface area contributed by atoms with Crippen molar-refractivity contribution >= 4 is 5.82 Å². The lowest BCUT2D eigenvalue weighted by Crippen LogP contribution is -2.08. The van der Waals surface area contributed by atoms with Crippen molar-refractivity contribution in [3.05, 3.63) is 23.4 Å². The minimum absolute atomic E-state index is 0.184. The van der Waals surface area contributed by atoms with Gasteiger partial charge in [0.1, 0.15) is 11.9 Å². The summed E-state index contributed by atoms with van der Waals surface area (Å²) in [6, 6.07) is 5.16. The van der Waals surface area contributed by atoms with Crippen LogP contribution in [-0.4, -0.2) is 19.2 Å². The van der Waals surface area contributed by atoms with Crippen molar-refractivity contribution in [3.63, 3.8) is 0 Å². The lowest BCUT2D eigenvalue weighted by Gasteiger charge is -2.12. The van der Waals surface area contributed by atoms with Crippen LogP contribution in [0.5, 0.6) is 0 Å². The number of aromatic nitrogens is 1. The first-order valence-electron chi connectivity index (χ1n) is 3.95. The molecule has 2 N–H and O–H groups in total. The number of methoxy groups -OCH3 is 2. The molecule has 1 aromatic rings. The van der Waals surface area contributed by atoms with Gasteiger partial charge in [-0.25, -0.2) is 4.98 Å². The van der Waals surface area contributed by atoms with E-state index in [0.717, 1.165) is 0 Å². The number of nitrogen functional groups attached to an aromatic ring is 1. The summed E-state index contributed by atoms with van der Waals surface area (Å²) >= 11 is 0. The molecule has 0 saturated heterocycles. The van der Waals surface area contributed by atoms with Gasteiger partial charge >= 0.3 is 0 Å². The monoisotopic (exact) mass is 193 g/mol. The van der Waals surface area contributed by atoms with Crippen LogP contribution >= 0.6 is 0 Å². The fourth-order valence-corrected chi connectivity index (χ4v) is 1.05. The zero-order valence-corrected chi connectivity index (χ0v) is 8.02. The molecule has 0 unspecified atom stereocenters. The normalized spacial score (nSPS) is 10.1. The van der Waals surface area contributed by atoms with E-state index in [1.165, 1.54) is 14.2 Å². The standard InChI is InChI=1S/C9H11N3O2/c1-13-9(14-2)7-4-3-6(5-10)8(11)12-7/h3-4,9H,1-2H3,(H2,11,12). The Labute approximate surface area is 82.1 Å². The van der Waals surface area contributed by atoms with Crippen LogP contribution in [0, 0.1) is 11.3 Å². The molecule has 0 aromatic carbocycles. The highest BCUT2D eigenvalue weighted by Gasteiger charge is 2.11. The van der Waals surface area contributed by atoms with E-state index in [9.17, 15) is 0 Å². The van der Waals surface area contributed by atoms with Gasteiger partial charge in [0.05, 0.1) is 11.3 Å². The second-order valence-corrected chi connectivity index (χ2v) is 2.58. The summed E-state index contributed by atoms with van der Waals surface area (Å²) in [4.78, 5) is 3.99. The van der Waals surface area contributed by atoms with Crippen molar-refractivity contribution in [2.45, 2.75) is 6.29 Å². The van der Waals surface area contributed by atoms with Gasteiger partial charge in [-0.05, 0) is 12.1 Å². The minimum atomic E-state index is -0.551. The molecule has 0 aliphatic heterocycles. The van der Waals surface area contributed by atoms with Gasteiger partial charge in [0.15, 0.2) is 0 Å². The van der Waals surface area contributed by atoms with Gasteiger partial charge in [-0.1, -0.05) is 0 Å². The van der Waals surface area contributed by atoms with Crippen LogP contribution in [0.1, 0.15) is 17.5 Å². The van der Waals surface area contributed by atoms with Crippen molar-refractivity contribution in [1.29, 1.82) is 5.26 Å². The number of nitrogens with zero attached hydrogens (tertiary/aromatic N) is 2. The molecule has 5 heteroatoms. The van der Waals surface area contributed by atoms with Crippen LogP contribution < -0.4 is 5.73 Å². The first-order valence-corrected chi connectivity index (χ1v) is 3.95. The molecule has 5 nitrogen and oxygen atoms in total. The Morgan fingerprint density at radius 2 is 2.07 bits per heavy atom. The first-order chi connectivity index (χ1) is 6.72. The Kier molecular flexibility index (Phi) is 3.40. The van der Waals surface area contributed by atoms with Gasteiger partial charge in [0.25, 0.3) is 0 Å². The molecule has 0 amide bonds. The summed E-state index contributed by atoms with van der Waals surface area (Å²) in [5.41, 5.74) is 6.43. The van der Waals surface area contributed by atoms with E-state index in [1.54, 1.807) is 12.1 Å². The highest BCUT2D eigenvalue weighted by molar-refractivity contribution is 5.48. The summed E-state index contributed by atoms with van der Waals surface area (Å²) in [5.74, 6) is 0.184. The molecule has 0 fully saturated rings. The van der Waals surface area contributed by atoms with Gasteiger partial charge in [0.2, 0.25) is 6.29 Å². The number of ether oxygens (including phenoxy) is 2. The van der Waals surface area contributed by atoms with E-state index < -0.39 is 6.29 Å². The van der Waals surface area contributed by atoms with E-state index in [-0.39, 0.29) is 5.82 Å². The van der Waals surface area contributed by atoms with Crippen LogP contribution in [0.4, 0.5) is 5.82 Å². The van der Waals surface area contributed by atoms with Crippen LogP contribution in [0.3, 0.4) is 0 Å². The lowest BCUT2D eigenvalue weighted by molar-refractivity contribution is -0.108. The second-order valence-electron chi connectivity index (χ2n) is 2.58. The number of anilines is 1. The molecule has 0 atom stereocenters. The van der Waals surface area contributed by atoms with Crippen molar-refractivity contribution in [3.8, 4) is 6.07 Å². The van der Waals surface area contributed by atoms with Crippen LogP contribution in [0.25, 0.3) is 0 Å². The number of nitriles is 1. The Morgan fingerprint density at radius 1 is 1.43 bits per heavy atom. The average Bonchev–Trinajstić information content (AvgIpc) is 2.20. The number of pyridine rings is 1. The molecule has 0 bridgehead atoms. The molecular weight excluding hydrogens is 182 g/mol. The summed E-state index contributed by atoms with van der Waals surface area (Å²) in [6.45, 7) is 0. The molecule has 1 aromatic heterocycles. The fraction of sp³-hybridized carbons (Fsp3) is 0.333. The van der Waals surface area contributed by atoms with Crippen molar-refractivity contribution in [2.24, 2.45) is 0 Å². The third kappa shape index (κ3) is 1.99.